The lowest BCUT2D eigenvalue weighted by atomic mass is 10.1. The van der Waals surface area contributed by atoms with E-state index in [4.69, 9.17) is 28.4 Å². The molecule has 2 unspecified atom stereocenters. The molecule has 0 N–H and O–H groups in total. The van der Waals surface area contributed by atoms with Crippen LogP contribution < -0.4 is 0 Å². The maximum Gasteiger partial charge on any atom is 0.338 e. The van der Waals surface area contributed by atoms with Crippen LogP contribution in [0.4, 0.5) is 0 Å². The van der Waals surface area contributed by atoms with E-state index in [0.717, 1.165) is 0 Å². The molecule has 2 aliphatic heterocycles. The third-order valence-electron chi connectivity index (χ3n) is 4.27. The van der Waals surface area contributed by atoms with Gasteiger partial charge in [0, 0.05) is 0 Å². The minimum Gasteiger partial charge on any atom is -0.459 e. The zero-order valence-corrected chi connectivity index (χ0v) is 16.6. The Labute approximate surface area is 164 Å². The third-order valence-corrected chi connectivity index (χ3v) is 4.27. The van der Waals surface area contributed by atoms with E-state index >= 15 is 0 Å². The molecule has 2 aliphatic rings. The van der Waals surface area contributed by atoms with Crippen LogP contribution in [0.15, 0.2) is 24.3 Å². The monoisotopic (exact) mass is 394 g/mol. The number of carbonyl (C=O) groups is 2. The van der Waals surface area contributed by atoms with Gasteiger partial charge in [0.2, 0.25) is 0 Å². The number of hydrogen-bond donors (Lipinski definition) is 0. The molecule has 0 aromatic heterocycles. The molecule has 0 amide bonds. The minimum absolute atomic E-state index is 0.0751. The van der Waals surface area contributed by atoms with Crippen LogP contribution in [-0.4, -0.2) is 62.1 Å². The Hall–Kier alpha value is -2.00. The summed E-state index contributed by atoms with van der Waals surface area (Å²) in [6.45, 7) is 8.06. The predicted octanol–water partition coefficient (Wildman–Crippen LogP) is 2.30. The Balaban J connectivity index is 1.50. The largest absolute Gasteiger partial charge is 0.459 e. The number of rotatable bonds is 6. The Morgan fingerprint density at radius 3 is 1.68 bits per heavy atom. The number of benzene rings is 1. The van der Waals surface area contributed by atoms with Crippen molar-refractivity contribution in [3.05, 3.63) is 35.4 Å². The highest BCUT2D eigenvalue weighted by Crippen LogP contribution is 2.23. The van der Waals surface area contributed by atoms with Crippen LogP contribution in [0.5, 0.6) is 0 Å². The Morgan fingerprint density at radius 2 is 1.32 bits per heavy atom. The maximum atomic E-state index is 12.3. The summed E-state index contributed by atoms with van der Waals surface area (Å²) in [4.78, 5) is 24.5. The van der Waals surface area contributed by atoms with Crippen LogP contribution in [0.2, 0.25) is 0 Å². The molecule has 154 valence electrons. The van der Waals surface area contributed by atoms with E-state index < -0.39 is 23.5 Å². The van der Waals surface area contributed by atoms with Crippen molar-refractivity contribution >= 4 is 11.9 Å². The van der Waals surface area contributed by atoms with Crippen molar-refractivity contribution in [2.45, 2.75) is 51.5 Å². The fourth-order valence-corrected chi connectivity index (χ4v) is 2.97. The molecule has 0 saturated carbocycles. The highest BCUT2D eigenvalue weighted by Gasteiger charge is 2.34. The fourth-order valence-electron chi connectivity index (χ4n) is 2.97. The standard InChI is InChI=1S/C20H26O8/c1-19(2)25-11-15(27-19)9-23-17(21)13-6-5-7-14(8-13)18(22)24-10-16-12-26-20(3,4)28-16/h5-8,15-16H,9-12H2,1-4H3. The van der Waals surface area contributed by atoms with Crippen LogP contribution in [0.25, 0.3) is 0 Å². The lowest BCUT2D eigenvalue weighted by molar-refractivity contribution is -0.143. The third kappa shape index (κ3) is 5.51. The number of ether oxygens (including phenoxy) is 6. The van der Waals surface area contributed by atoms with E-state index in [1.807, 2.05) is 0 Å². The van der Waals surface area contributed by atoms with Gasteiger partial charge in [0.15, 0.2) is 11.6 Å². The van der Waals surface area contributed by atoms with E-state index in [0.29, 0.717) is 13.2 Å². The number of esters is 2. The molecular weight excluding hydrogens is 368 g/mol. The highest BCUT2D eigenvalue weighted by molar-refractivity contribution is 5.95. The molecule has 8 heteroatoms. The first-order valence-electron chi connectivity index (χ1n) is 9.21. The van der Waals surface area contributed by atoms with Crippen molar-refractivity contribution in [2.24, 2.45) is 0 Å². The van der Waals surface area contributed by atoms with E-state index in [2.05, 4.69) is 0 Å². The minimum atomic E-state index is -0.677. The van der Waals surface area contributed by atoms with Gasteiger partial charge >= 0.3 is 11.9 Å². The Morgan fingerprint density at radius 1 is 0.893 bits per heavy atom. The van der Waals surface area contributed by atoms with Gasteiger partial charge in [-0.1, -0.05) is 6.07 Å². The first-order chi connectivity index (χ1) is 13.1. The summed E-state index contributed by atoms with van der Waals surface area (Å²) in [5, 5.41) is 0. The summed E-state index contributed by atoms with van der Waals surface area (Å²) in [5.41, 5.74) is 0.517. The van der Waals surface area contributed by atoms with Gasteiger partial charge in [0.25, 0.3) is 0 Å². The predicted molar refractivity (Wildman–Crippen MR) is 96.8 cm³/mol. The summed E-state index contributed by atoms with van der Waals surface area (Å²) >= 11 is 0. The maximum absolute atomic E-state index is 12.3. The van der Waals surface area contributed by atoms with Crippen molar-refractivity contribution in [1.82, 2.24) is 0 Å². The topological polar surface area (TPSA) is 89.5 Å². The average Bonchev–Trinajstić information content (AvgIpc) is 3.18. The molecule has 2 atom stereocenters. The second-order valence-electron chi connectivity index (χ2n) is 7.68. The van der Waals surface area contributed by atoms with Crippen molar-refractivity contribution in [3.8, 4) is 0 Å². The molecule has 3 rings (SSSR count). The first kappa shape index (κ1) is 20.7. The quantitative estimate of drug-likeness (QED) is 0.679. The molecule has 0 bridgehead atoms. The van der Waals surface area contributed by atoms with Crippen LogP contribution in [-0.2, 0) is 28.4 Å². The molecule has 2 heterocycles. The molecule has 0 radical (unpaired) electrons. The van der Waals surface area contributed by atoms with E-state index in [1.54, 1.807) is 45.9 Å². The molecule has 0 spiro atoms. The van der Waals surface area contributed by atoms with E-state index in [1.165, 1.54) is 6.07 Å². The molecule has 2 fully saturated rings. The smallest absolute Gasteiger partial charge is 0.338 e. The lowest BCUT2D eigenvalue weighted by Gasteiger charge is -2.17. The molecule has 1 aromatic rings. The molecular formula is C20H26O8. The van der Waals surface area contributed by atoms with E-state index in [9.17, 15) is 9.59 Å². The van der Waals surface area contributed by atoms with Gasteiger partial charge in [0.1, 0.15) is 25.4 Å². The lowest BCUT2D eigenvalue weighted by Crippen LogP contribution is -2.25. The SMILES string of the molecule is CC1(C)OCC(COC(=O)c2cccc(C(=O)OCC3COC(C)(C)O3)c2)O1. The number of carbonyl (C=O) groups excluding carboxylic acids is 2. The van der Waals surface area contributed by atoms with Gasteiger partial charge in [-0.15, -0.1) is 0 Å². The van der Waals surface area contributed by atoms with Crippen molar-refractivity contribution in [2.75, 3.05) is 26.4 Å². The van der Waals surface area contributed by atoms with Crippen molar-refractivity contribution in [1.29, 1.82) is 0 Å². The molecule has 8 nitrogen and oxygen atoms in total. The number of hydrogen-bond acceptors (Lipinski definition) is 8. The zero-order chi connectivity index (χ0) is 20.4. The molecule has 28 heavy (non-hydrogen) atoms. The van der Waals surface area contributed by atoms with Crippen LogP contribution in [0, 0.1) is 0 Å². The Bertz CT molecular complexity index is 669. The summed E-state index contributed by atoms with van der Waals surface area (Å²) in [5.74, 6) is -2.44. The van der Waals surface area contributed by atoms with Gasteiger partial charge in [-0.2, -0.15) is 0 Å². The summed E-state index contributed by atoms with van der Waals surface area (Å²) in [6, 6.07) is 6.19. The van der Waals surface area contributed by atoms with Crippen LogP contribution in [0.3, 0.4) is 0 Å². The fraction of sp³-hybridized carbons (Fsp3) is 0.600. The normalized spacial score (nSPS) is 25.4. The zero-order valence-electron chi connectivity index (χ0n) is 16.6. The van der Waals surface area contributed by atoms with Crippen LogP contribution >= 0.6 is 0 Å². The van der Waals surface area contributed by atoms with Crippen LogP contribution in [0.1, 0.15) is 48.4 Å². The second-order valence-corrected chi connectivity index (χ2v) is 7.68. The molecule has 1 aromatic carbocycles. The summed E-state index contributed by atoms with van der Waals surface area (Å²) in [6.07, 6.45) is -0.630. The summed E-state index contributed by atoms with van der Waals surface area (Å²) in [7, 11) is 0. The van der Waals surface area contributed by atoms with Gasteiger partial charge in [-0.25, -0.2) is 9.59 Å². The Kier molecular flexibility index (Phi) is 6.04. The van der Waals surface area contributed by atoms with Gasteiger partial charge in [0.05, 0.1) is 24.3 Å². The van der Waals surface area contributed by atoms with E-state index in [-0.39, 0.29) is 36.5 Å². The highest BCUT2D eigenvalue weighted by atomic mass is 16.8. The molecule has 0 aliphatic carbocycles. The van der Waals surface area contributed by atoms with Crippen molar-refractivity contribution < 1.29 is 38.0 Å². The van der Waals surface area contributed by atoms with Gasteiger partial charge in [-0.3, -0.25) is 0 Å². The van der Waals surface area contributed by atoms with Crippen molar-refractivity contribution in [3.63, 3.8) is 0 Å². The van der Waals surface area contributed by atoms with Gasteiger partial charge in [-0.05, 0) is 45.9 Å². The summed E-state index contributed by atoms with van der Waals surface area (Å²) < 4.78 is 32.6. The van der Waals surface area contributed by atoms with Gasteiger partial charge < -0.3 is 28.4 Å². The molecule has 2 saturated heterocycles. The average molecular weight is 394 g/mol. The second kappa shape index (κ2) is 8.16. The first-order valence-corrected chi connectivity index (χ1v) is 9.21.